The van der Waals surface area contributed by atoms with Crippen molar-refractivity contribution in [3.63, 3.8) is 0 Å². The Balaban J connectivity index is 1.30. The molecule has 31 heavy (non-hydrogen) atoms. The van der Waals surface area contributed by atoms with E-state index in [0.717, 1.165) is 42.7 Å². The molecule has 6 rings (SSSR count). The molecule has 2 aliphatic rings. The number of hydrogen-bond donors (Lipinski definition) is 1. The van der Waals surface area contributed by atoms with Crippen molar-refractivity contribution in [2.45, 2.75) is 38.8 Å². The van der Waals surface area contributed by atoms with Crippen LogP contribution in [0, 0.1) is 12.3 Å². The Hall–Kier alpha value is -3.14. The van der Waals surface area contributed by atoms with Crippen LogP contribution in [0.2, 0.25) is 0 Å². The highest BCUT2D eigenvalue weighted by Gasteiger charge is 2.49. The van der Waals surface area contributed by atoms with E-state index < -0.39 is 13.0 Å². The summed E-state index contributed by atoms with van der Waals surface area (Å²) in [5, 5.41) is 7.99. The molecular weight excluding hydrogens is 404 g/mol. The number of pyridine rings is 1. The summed E-state index contributed by atoms with van der Waals surface area (Å²) in [5.41, 5.74) is 3.94. The summed E-state index contributed by atoms with van der Waals surface area (Å²) in [6.45, 7) is 3.03. The molecule has 1 aliphatic heterocycles. The number of nitrogens with one attached hydrogen (secondary N) is 1. The normalized spacial score (nSPS) is 18.1. The van der Waals surface area contributed by atoms with Gasteiger partial charge in [0.25, 0.3) is 6.43 Å². The van der Waals surface area contributed by atoms with Crippen LogP contribution >= 0.6 is 0 Å². The minimum Gasteiger partial charge on any atom is -0.380 e. The van der Waals surface area contributed by atoms with Gasteiger partial charge in [-0.2, -0.15) is 0 Å². The summed E-state index contributed by atoms with van der Waals surface area (Å²) in [5.74, 6) is 1.11. The van der Waals surface area contributed by atoms with Crippen molar-refractivity contribution in [3.8, 4) is 11.1 Å². The molecule has 2 fully saturated rings. The first-order chi connectivity index (χ1) is 15.0. The molecular formula is C21H21F2N7O. The van der Waals surface area contributed by atoms with Gasteiger partial charge in [0.15, 0.2) is 5.65 Å². The summed E-state index contributed by atoms with van der Waals surface area (Å²) in [4.78, 5) is 13.2. The highest BCUT2D eigenvalue weighted by atomic mass is 19.3. The van der Waals surface area contributed by atoms with Crippen molar-refractivity contribution >= 4 is 22.6 Å². The Morgan fingerprint density at radius 3 is 2.81 bits per heavy atom. The lowest BCUT2D eigenvalue weighted by Crippen LogP contribution is -2.56. The molecule has 10 heteroatoms. The number of hydrogen-bond acceptors (Lipinski definition) is 6. The maximum Gasteiger partial charge on any atom is 0.256 e. The fourth-order valence-corrected chi connectivity index (χ4v) is 4.74. The maximum atomic E-state index is 13.0. The van der Waals surface area contributed by atoms with E-state index in [0.29, 0.717) is 34.4 Å². The minimum absolute atomic E-state index is 0.376. The number of anilines is 1. The van der Waals surface area contributed by atoms with Crippen LogP contribution in [-0.4, -0.2) is 54.8 Å². The van der Waals surface area contributed by atoms with Crippen molar-refractivity contribution < 1.29 is 13.5 Å². The molecule has 1 aliphatic carbocycles. The molecule has 1 saturated heterocycles. The standard InChI is InChI=1S/C21H21F2N7O/c1-12-26-19-16(29(12)9-18(22)23)4-13(7-24-19)15-2-3-30-17(15)8-25-20(28-30)27-14-5-21(6-14)10-31-11-21/h2-4,7-8,14,18H,5-6,9-11H2,1H3,(H,27,28). The second-order valence-corrected chi connectivity index (χ2v) is 8.61. The molecule has 0 aromatic carbocycles. The molecule has 4 aromatic heterocycles. The van der Waals surface area contributed by atoms with Crippen LogP contribution < -0.4 is 5.32 Å². The van der Waals surface area contributed by atoms with Crippen LogP contribution in [0.4, 0.5) is 14.7 Å². The monoisotopic (exact) mass is 425 g/mol. The third kappa shape index (κ3) is 3.04. The van der Waals surface area contributed by atoms with E-state index in [1.165, 1.54) is 4.57 Å². The Morgan fingerprint density at radius 2 is 2.06 bits per heavy atom. The molecule has 5 heterocycles. The van der Waals surface area contributed by atoms with E-state index in [4.69, 9.17) is 4.74 Å². The van der Waals surface area contributed by atoms with Crippen molar-refractivity contribution in [2.24, 2.45) is 5.41 Å². The van der Waals surface area contributed by atoms with Crippen molar-refractivity contribution in [1.82, 2.24) is 29.1 Å². The summed E-state index contributed by atoms with van der Waals surface area (Å²) in [7, 11) is 0. The van der Waals surface area contributed by atoms with Crippen molar-refractivity contribution in [1.29, 1.82) is 0 Å². The van der Waals surface area contributed by atoms with Crippen LogP contribution in [0.1, 0.15) is 18.7 Å². The van der Waals surface area contributed by atoms with E-state index in [1.807, 2.05) is 18.3 Å². The number of halogens is 2. The number of aromatic nitrogens is 6. The Kier molecular flexibility index (Phi) is 4.01. The fraction of sp³-hybridized carbons (Fsp3) is 0.429. The summed E-state index contributed by atoms with van der Waals surface area (Å²) in [6, 6.07) is 4.16. The van der Waals surface area contributed by atoms with Crippen LogP contribution in [0.3, 0.4) is 0 Å². The van der Waals surface area contributed by atoms with Gasteiger partial charge in [0.1, 0.15) is 5.82 Å². The lowest BCUT2D eigenvalue weighted by Gasteiger charge is -2.53. The zero-order chi connectivity index (χ0) is 21.2. The largest absolute Gasteiger partial charge is 0.380 e. The first kappa shape index (κ1) is 18.6. The maximum absolute atomic E-state index is 13.0. The first-order valence-electron chi connectivity index (χ1n) is 10.3. The SMILES string of the molecule is Cc1nc2ncc(-c3ccn4nc(NC5CC6(COC6)C5)ncc34)cc2n1CC(F)F. The zero-order valence-electron chi connectivity index (χ0n) is 16.9. The quantitative estimate of drug-likeness (QED) is 0.528. The Morgan fingerprint density at radius 1 is 1.23 bits per heavy atom. The van der Waals surface area contributed by atoms with Crippen LogP contribution in [0.15, 0.2) is 30.7 Å². The van der Waals surface area contributed by atoms with Crippen molar-refractivity contribution in [2.75, 3.05) is 18.5 Å². The molecule has 0 unspecified atom stereocenters. The van der Waals surface area contributed by atoms with Gasteiger partial charge in [0.2, 0.25) is 5.95 Å². The van der Waals surface area contributed by atoms with E-state index >= 15 is 0 Å². The summed E-state index contributed by atoms with van der Waals surface area (Å²) in [6.07, 6.45) is 5.06. The number of alkyl halides is 2. The van der Waals surface area contributed by atoms with Crippen LogP contribution in [0.5, 0.6) is 0 Å². The second kappa shape index (κ2) is 6.68. The van der Waals surface area contributed by atoms with Gasteiger partial charge in [0, 0.05) is 35.0 Å². The van der Waals surface area contributed by atoms with Gasteiger partial charge in [-0.25, -0.2) is 28.2 Å². The van der Waals surface area contributed by atoms with Crippen LogP contribution in [0.25, 0.3) is 27.8 Å². The average molecular weight is 425 g/mol. The highest BCUT2D eigenvalue weighted by molar-refractivity contribution is 5.85. The third-order valence-electron chi connectivity index (χ3n) is 6.35. The highest BCUT2D eigenvalue weighted by Crippen LogP contribution is 2.47. The molecule has 0 atom stereocenters. The van der Waals surface area contributed by atoms with Gasteiger partial charge >= 0.3 is 0 Å². The lowest BCUT2D eigenvalue weighted by atomic mass is 9.64. The van der Waals surface area contributed by atoms with Gasteiger partial charge in [-0.15, -0.1) is 5.10 Å². The summed E-state index contributed by atoms with van der Waals surface area (Å²) >= 11 is 0. The molecule has 1 spiro atoms. The molecule has 8 nitrogen and oxygen atoms in total. The molecule has 0 amide bonds. The third-order valence-corrected chi connectivity index (χ3v) is 6.35. The molecule has 0 bridgehead atoms. The van der Waals surface area contributed by atoms with E-state index in [-0.39, 0.29) is 0 Å². The Bertz CT molecular complexity index is 1290. The number of imidazole rings is 1. The van der Waals surface area contributed by atoms with Crippen LogP contribution in [-0.2, 0) is 11.3 Å². The molecule has 4 aromatic rings. The van der Waals surface area contributed by atoms with E-state index in [1.54, 1.807) is 23.8 Å². The molecule has 1 saturated carbocycles. The predicted octanol–water partition coefficient (Wildman–Crippen LogP) is 3.31. The molecule has 0 radical (unpaired) electrons. The number of rotatable bonds is 5. The van der Waals surface area contributed by atoms with Gasteiger partial charge in [-0.3, -0.25) is 0 Å². The number of nitrogens with zero attached hydrogens (tertiary/aromatic N) is 6. The van der Waals surface area contributed by atoms with Gasteiger partial charge < -0.3 is 14.6 Å². The molecule has 1 N–H and O–H groups in total. The number of ether oxygens (including phenoxy) is 1. The summed E-state index contributed by atoms with van der Waals surface area (Å²) < 4.78 is 34.6. The van der Waals surface area contributed by atoms with Gasteiger partial charge in [-0.1, -0.05) is 0 Å². The fourth-order valence-electron chi connectivity index (χ4n) is 4.74. The smallest absolute Gasteiger partial charge is 0.256 e. The number of aryl methyl sites for hydroxylation is 1. The topological polar surface area (TPSA) is 82.2 Å². The van der Waals surface area contributed by atoms with Gasteiger partial charge in [-0.05, 0) is 31.9 Å². The zero-order valence-corrected chi connectivity index (χ0v) is 16.9. The lowest BCUT2D eigenvalue weighted by molar-refractivity contribution is -0.160. The number of fused-ring (bicyclic) bond motifs is 2. The minimum atomic E-state index is -2.46. The van der Waals surface area contributed by atoms with E-state index in [9.17, 15) is 8.78 Å². The average Bonchev–Trinajstić information content (AvgIpc) is 3.23. The predicted molar refractivity (Wildman–Crippen MR) is 110 cm³/mol. The van der Waals surface area contributed by atoms with E-state index in [2.05, 4.69) is 25.4 Å². The Labute approximate surface area is 176 Å². The first-order valence-corrected chi connectivity index (χ1v) is 10.3. The van der Waals surface area contributed by atoms with Crippen molar-refractivity contribution in [3.05, 3.63) is 36.5 Å². The van der Waals surface area contributed by atoms with Gasteiger partial charge in [0.05, 0.1) is 37.0 Å². The molecule has 160 valence electrons. The second-order valence-electron chi connectivity index (χ2n) is 8.61.